The molecule has 1 atom stereocenters. The Balaban J connectivity index is 1.37. The number of amides is 3. The van der Waals surface area contributed by atoms with Gasteiger partial charge in [0.2, 0.25) is 11.8 Å². The number of nitrogens with zero attached hydrogens (tertiary/aromatic N) is 1. The van der Waals surface area contributed by atoms with Crippen LogP contribution < -0.4 is 15.4 Å². The van der Waals surface area contributed by atoms with Gasteiger partial charge in [-0.1, -0.05) is 66.7 Å². The summed E-state index contributed by atoms with van der Waals surface area (Å²) >= 11 is 0. The Bertz CT molecular complexity index is 1380. The molecule has 0 aliphatic rings. The number of rotatable bonds is 12. The van der Waals surface area contributed by atoms with Crippen LogP contribution in [0.25, 0.3) is 0 Å². The second-order valence-corrected chi connectivity index (χ2v) is 9.08. The van der Waals surface area contributed by atoms with Crippen LogP contribution >= 0.6 is 0 Å². The Morgan fingerprint density at radius 1 is 0.750 bits per heavy atom. The van der Waals surface area contributed by atoms with E-state index in [1.165, 1.54) is 11.9 Å². The molecule has 0 radical (unpaired) electrons. The zero-order valence-electron chi connectivity index (χ0n) is 22.2. The zero-order valence-corrected chi connectivity index (χ0v) is 22.2. The summed E-state index contributed by atoms with van der Waals surface area (Å²) in [7, 11) is 1.54. The molecule has 0 heterocycles. The number of anilines is 1. The summed E-state index contributed by atoms with van der Waals surface area (Å²) in [5.41, 5.74) is 1.94. The Hall–Kier alpha value is -4.95. The van der Waals surface area contributed by atoms with Crippen molar-refractivity contribution in [3.8, 4) is 11.5 Å². The van der Waals surface area contributed by atoms with Crippen LogP contribution in [0, 0.1) is 0 Å². The van der Waals surface area contributed by atoms with Gasteiger partial charge in [0, 0.05) is 18.3 Å². The summed E-state index contributed by atoms with van der Waals surface area (Å²) in [5.74, 6) is 0.0895. The van der Waals surface area contributed by atoms with Crippen molar-refractivity contribution in [3.63, 3.8) is 0 Å². The molecular formula is C32H31N3O5. The predicted molar refractivity (Wildman–Crippen MR) is 153 cm³/mol. The number of para-hydroxylation sites is 1. The third-order valence-electron chi connectivity index (χ3n) is 5.90. The number of carbonyl (C=O) groups excluding carboxylic acids is 3. The number of benzene rings is 4. The Morgan fingerprint density at radius 2 is 1.32 bits per heavy atom. The lowest BCUT2D eigenvalue weighted by molar-refractivity contribution is -0.128. The number of hydrogen-bond donors (Lipinski definition) is 2. The molecule has 0 unspecified atom stereocenters. The van der Waals surface area contributed by atoms with E-state index in [4.69, 9.17) is 9.47 Å². The highest BCUT2D eigenvalue weighted by Gasteiger charge is 2.23. The number of nitrogens with one attached hydrogen (secondary N) is 2. The molecule has 8 heteroatoms. The molecule has 0 aliphatic heterocycles. The van der Waals surface area contributed by atoms with Crippen LogP contribution in [-0.2, 0) is 20.9 Å². The van der Waals surface area contributed by atoms with Gasteiger partial charge < -0.3 is 25.0 Å². The minimum atomic E-state index is -0.989. The van der Waals surface area contributed by atoms with Crippen LogP contribution in [0.4, 0.5) is 5.69 Å². The molecule has 8 nitrogen and oxygen atoms in total. The van der Waals surface area contributed by atoms with Crippen LogP contribution in [0.15, 0.2) is 115 Å². The molecule has 0 bridgehead atoms. The predicted octanol–water partition coefficient (Wildman–Crippen LogP) is 4.89. The molecule has 0 fully saturated rings. The van der Waals surface area contributed by atoms with E-state index in [9.17, 15) is 14.4 Å². The first-order chi connectivity index (χ1) is 19.5. The third-order valence-corrected chi connectivity index (χ3v) is 5.90. The molecule has 204 valence electrons. The fourth-order valence-electron chi connectivity index (χ4n) is 3.84. The highest BCUT2D eigenvalue weighted by atomic mass is 16.5. The lowest BCUT2D eigenvalue weighted by Gasteiger charge is -2.21. The third kappa shape index (κ3) is 8.54. The van der Waals surface area contributed by atoms with E-state index in [0.717, 1.165) is 5.56 Å². The van der Waals surface area contributed by atoms with Crippen molar-refractivity contribution < 1.29 is 23.9 Å². The monoisotopic (exact) mass is 537 g/mol. The minimum absolute atomic E-state index is 0.0575. The maximum absolute atomic E-state index is 13.2. The Kier molecular flexibility index (Phi) is 10.0. The van der Waals surface area contributed by atoms with Crippen LogP contribution in [0.5, 0.6) is 11.5 Å². The van der Waals surface area contributed by atoms with E-state index < -0.39 is 17.9 Å². The molecule has 0 saturated carbocycles. The first-order valence-electron chi connectivity index (χ1n) is 12.8. The van der Waals surface area contributed by atoms with Crippen molar-refractivity contribution in [1.29, 1.82) is 0 Å². The van der Waals surface area contributed by atoms with Crippen LogP contribution in [-0.4, -0.2) is 48.9 Å². The fraction of sp³-hybridized carbons (Fsp3) is 0.156. The molecule has 2 N–H and O–H groups in total. The topological polar surface area (TPSA) is 97.0 Å². The van der Waals surface area contributed by atoms with Gasteiger partial charge in [-0.25, -0.2) is 0 Å². The zero-order chi connectivity index (χ0) is 28.2. The molecule has 4 aromatic carbocycles. The summed E-state index contributed by atoms with van der Waals surface area (Å²) in [5, 5.41) is 5.53. The van der Waals surface area contributed by atoms with Gasteiger partial charge in [-0.3, -0.25) is 14.4 Å². The number of likely N-dealkylation sites (N-methyl/N-ethyl adjacent to an activating group) is 1. The van der Waals surface area contributed by atoms with Gasteiger partial charge in [0.25, 0.3) is 5.91 Å². The quantitative estimate of drug-likeness (QED) is 0.268. The molecule has 0 aliphatic carbocycles. The smallest absolute Gasteiger partial charge is 0.254 e. The molecular weight excluding hydrogens is 506 g/mol. The van der Waals surface area contributed by atoms with Crippen LogP contribution in [0.3, 0.4) is 0 Å². The van der Waals surface area contributed by atoms with Gasteiger partial charge in [0.1, 0.15) is 17.5 Å². The Morgan fingerprint density at radius 3 is 1.98 bits per heavy atom. The molecule has 4 aromatic rings. The summed E-state index contributed by atoms with van der Waals surface area (Å²) < 4.78 is 11.6. The second-order valence-electron chi connectivity index (χ2n) is 9.08. The van der Waals surface area contributed by atoms with Gasteiger partial charge in [-0.05, 0) is 54.1 Å². The second kappa shape index (κ2) is 14.3. The molecule has 40 heavy (non-hydrogen) atoms. The normalized spacial score (nSPS) is 11.2. The summed E-state index contributed by atoms with van der Waals surface area (Å²) in [4.78, 5) is 40.0. The Labute approximate surface area is 233 Å². The fourth-order valence-corrected chi connectivity index (χ4v) is 3.84. The van der Waals surface area contributed by atoms with E-state index >= 15 is 0 Å². The lowest BCUT2D eigenvalue weighted by Crippen LogP contribution is -2.50. The van der Waals surface area contributed by atoms with Gasteiger partial charge in [0.05, 0.1) is 19.8 Å². The standard InChI is InChI=1S/C32H31N3O5/c1-35(32(38)25-13-7-3-8-14-25)21-30(36)34-29(23-39-22-24-11-5-2-6-12-24)31(37)33-26-17-19-28(20-18-26)40-27-15-9-4-10-16-27/h2-20,29H,21-23H2,1H3,(H,33,37)(H,34,36)/t29-/m1/s1. The molecule has 0 saturated heterocycles. The van der Waals surface area contributed by atoms with Crippen molar-refractivity contribution in [2.24, 2.45) is 0 Å². The average Bonchev–Trinajstić information content (AvgIpc) is 2.98. The highest BCUT2D eigenvalue weighted by molar-refractivity contribution is 5.99. The number of ether oxygens (including phenoxy) is 2. The first kappa shape index (κ1) is 28.1. The van der Waals surface area contributed by atoms with E-state index in [-0.39, 0.29) is 25.7 Å². The highest BCUT2D eigenvalue weighted by Crippen LogP contribution is 2.22. The SMILES string of the molecule is CN(CC(=O)N[C@H](COCc1ccccc1)C(=O)Nc1ccc(Oc2ccccc2)cc1)C(=O)c1ccccc1. The van der Waals surface area contributed by atoms with Gasteiger partial charge >= 0.3 is 0 Å². The largest absolute Gasteiger partial charge is 0.457 e. The number of hydrogen-bond acceptors (Lipinski definition) is 5. The van der Waals surface area contributed by atoms with Gasteiger partial charge in [-0.15, -0.1) is 0 Å². The average molecular weight is 538 g/mol. The van der Waals surface area contributed by atoms with E-state index in [0.29, 0.717) is 22.7 Å². The lowest BCUT2D eigenvalue weighted by atomic mass is 10.2. The van der Waals surface area contributed by atoms with Gasteiger partial charge in [-0.2, -0.15) is 0 Å². The number of carbonyl (C=O) groups is 3. The van der Waals surface area contributed by atoms with Crippen LogP contribution in [0.2, 0.25) is 0 Å². The van der Waals surface area contributed by atoms with Crippen molar-refractivity contribution >= 4 is 23.4 Å². The summed E-state index contributed by atoms with van der Waals surface area (Å²) in [6.07, 6.45) is 0. The first-order valence-corrected chi connectivity index (χ1v) is 12.8. The summed E-state index contributed by atoms with van der Waals surface area (Å²) in [6.45, 7) is -0.00185. The molecule has 3 amide bonds. The van der Waals surface area contributed by atoms with Crippen molar-refractivity contribution in [2.45, 2.75) is 12.6 Å². The van der Waals surface area contributed by atoms with Crippen molar-refractivity contribution in [1.82, 2.24) is 10.2 Å². The molecule has 0 spiro atoms. The van der Waals surface area contributed by atoms with E-state index in [1.807, 2.05) is 66.7 Å². The molecule has 0 aromatic heterocycles. The molecule has 4 rings (SSSR count). The van der Waals surface area contributed by atoms with Gasteiger partial charge in [0.15, 0.2) is 0 Å². The van der Waals surface area contributed by atoms with Crippen molar-refractivity contribution in [2.75, 3.05) is 25.5 Å². The minimum Gasteiger partial charge on any atom is -0.457 e. The van der Waals surface area contributed by atoms with E-state index in [1.54, 1.807) is 48.5 Å². The summed E-state index contributed by atoms with van der Waals surface area (Å²) in [6, 6.07) is 33.5. The maximum atomic E-state index is 13.2. The van der Waals surface area contributed by atoms with Crippen LogP contribution in [0.1, 0.15) is 15.9 Å². The van der Waals surface area contributed by atoms with Crippen molar-refractivity contribution in [3.05, 3.63) is 126 Å². The maximum Gasteiger partial charge on any atom is 0.254 e. The van der Waals surface area contributed by atoms with E-state index in [2.05, 4.69) is 10.6 Å².